The molecule has 1 saturated carbocycles. The Labute approximate surface area is 153 Å². The Balaban J connectivity index is 0.000000436. The molecule has 0 bridgehead atoms. The van der Waals surface area contributed by atoms with E-state index in [0.717, 1.165) is 29.7 Å². The quantitative estimate of drug-likeness (QED) is 0.390. The van der Waals surface area contributed by atoms with E-state index in [-0.39, 0.29) is 7.43 Å². The third-order valence-electron chi connectivity index (χ3n) is 5.02. The van der Waals surface area contributed by atoms with Crippen LogP contribution < -0.4 is 4.90 Å². The molecule has 0 radical (unpaired) electrons. The van der Waals surface area contributed by atoms with E-state index in [0.29, 0.717) is 0 Å². The number of anilines is 1. The maximum absolute atomic E-state index is 4.97. The first kappa shape index (κ1) is 20.6. The second-order valence-corrected chi connectivity index (χ2v) is 14.3. The molecule has 1 heterocycles. The van der Waals surface area contributed by atoms with Gasteiger partial charge in [-0.1, -0.05) is 39.0 Å². The van der Waals surface area contributed by atoms with Gasteiger partial charge in [0.15, 0.2) is 0 Å². The summed E-state index contributed by atoms with van der Waals surface area (Å²) in [6.07, 6.45) is 1.37. The van der Waals surface area contributed by atoms with Gasteiger partial charge in [-0.15, -0.1) is 0 Å². The molecule has 4 unspecified atom stereocenters. The van der Waals surface area contributed by atoms with Crippen molar-refractivity contribution < 1.29 is 14.7 Å². The molecule has 0 N–H and O–H groups in total. The third kappa shape index (κ3) is 4.16. The summed E-state index contributed by atoms with van der Waals surface area (Å²) in [6.45, 7) is 7.22. The molecule has 0 amide bonds. The van der Waals surface area contributed by atoms with Crippen LogP contribution >= 0.6 is 27.9 Å². The average Bonchev–Trinajstić information content (AvgIpc) is 2.86. The van der Waals surface area contributed by atoms with Gasteiger partial charge in [0.2, 0.25) is 0 Å². The summed E-state index contributed by atoms with van der Waals surface area (Å²) >= 11 is -1.92. The van der Waals surface area contributed by atoms with Gasteiger partial charge in [-0.2, -0.15) is 0 Å². The van der Waals surface area contributed by atoms with E-state index in [9.17, 15) is 0 Å². The van der Waals surface area contributed by atoms with Gasteiger partial charge in [-0.3, -0.25) is 0 Å². The fraction of sp³-hybridized carbons (Fsp3) is 0.588. The van der Waals surface area contributed by atoms with E-state index in [1.54, 1.807) is 5.56 Å². The molecule has 3 rings (SSSR count). The second kappa shape index (κ2) is 8.63. The summed E-state index contributed by atoms with van der Waals surface area (Å²) in [7, 11) is 17.2. The molecule has 124 valence electrons. The van der Waals surface area contributed by atoms with E-state index < -0.39 is 14.7 Å². The number of rotatable bonds is 1. The predicted molar refractivity (Wildman–Crippen MR) is 97.5 cm³/mol. The Bertz CT molecular complexity index is 478. The van der Waals surface area contributed by atoms with E-state index >= 15 is 0 Å². The molecule has 0 aromatic heterocycles. The molecule has 1 aliphatic carbocycles. The fourth-order valence-electron chi connectivity index (χ4n) is 4.48. The number of fused-ring (bicyclic) bond motifs is 3. The van der Waals surface area contributed by atoms with Gasteiger partial charge in [0, 0.05) is 24.7 Å². The molecular weight excluding hydrogens is 372 g/mol. The van der Waals surface area contributed by atoms with Crippen LogP contribution in [0.4, 0.5) is 5.69 Å². The Kier molecular flexibility index (Phi) is 8.10. The van der Waals surface area contributed by atoms with Crippen molar-refractivity contribution in [2.75, 3.05) is 11.9 Å². The molecule has 1 fully saturated rings. The Morgan fingerprint density at radius 1 is 1.18 bits per heavy atom. The molecule has 2 aliphatic rings. The van der Waals surface area contributed by atoms with E-state index in [1.807, 2.05) is 0 Å². The van der Waals surface area contributed by atoms with Crippen LogP contribution in [-0.4, -0.2) is 13.1 Å². The molecule has 0 spiro atoms. The van der Waals surface area contributed by atoms with Gasteiger partial charge >= 0.3 is 42.6 Å². The number of hydrogen-bond acceptors (Lipinski definition) is 1. The van der Waals surface area contributed by atoms with Crippen molar-refractivity contribution in [3.63, 3.8) is 0 Å². The summed E-state index contributed by atoms with van der Waals surface area (Å²) in [5.41, 5.74) is 3.06. The molecule has 22 heavy (non-hydrogen) atoms. The minimum absolute atomic E-state index is 0. The van der Waals surface area contributed by atoms with Crippen LogP contribution in [0, 0.1) is 25.2 Å². The first-order valence-corrected chi connectivity index (χ1v) is 13.9. The van der Waals surface area contributed by atoms with Crippen molar-refractivity contribution in [3.8, 4) is 0 Å². The van der Waals surface area contributed by atoms with Crippen molar-refractivity contribution in [3.05, 3.63) is 37.3 Å². The topological polar surface area (TPSA) is 3.24 Å². The Morgan fingerprint density at radius 2 is 1.73 bits per heavy atom. The van der Waals surface area contributed by atoms with Crippen LogP contribution in [0.3, 0.4) is 0 Å². The molecule has 4 atom stereocenters. The number of benzene rings is 1. The summed E-state index contributed by atoms with van der Waals surface area (Å²) in [4.78, 5) is 2.55. The maximum atomic E-state index is 4.97. The average molecular weight is 399 g/mol. The van der Waals surface area contributed by atoms with Crippen molar-refractivity contribution >= 4 is 33.6 Å². The molecule has 0 saturated heterocycles. The first-order chi connectivity index (χ1) is 9.84. The SMILES string of the molecule is CC(C)C1C(C)CC2c3ccccc3N(C)C21.[CH3-].[Cl][Ti+]([Cl])[Cl]. The summed E-state index contributed by atoms with van der Waals surface area (Å²) in [6, 6.07) is 9.73. The van der Waals surface area contributed by atoms with Gasteiger partial charge in [0.25, 0.3) is 0 Å². The second-order valence-electron chi connectivity index (χ2n) is 6.52. The number of hydrogen-bond donors (Lipinski definition) is 0. The van der Waals surface area contributed by atoms with Crippen molar-refractivity contribution in [1.82, 2.24) is 0 Å². The van der Waals surface area contributed by atoms with Gasteiger partial charge in [-0.05, 0) is 35.8 Å². The molecular formula is C17H26Cl3NTi. The van der Waals surface area contributed by atoms with Crippen molar-refractivity contribution in [2.45, 2.75) is 39.2 Å². The van der Waals surface area contributed by atoms with Crippen LogP contribution in [0.5, 0.6) is 0 Å². The monoisotopic (exact) mass is 397 g/mol. The normalized spacial score (nSPS) is 28.5. The Hall–Kier alpha value is 0.604. The van der Waals surface area contributed by atoms with Gasteiger partial charge in [0.05, 0.1) is 0 Å². The zero-order valence-electron chi connectivity index (χ0n) is 14.0. The van der Waals surface area contributed by atoms with E-state index in [4.69, 9.17) is 27.9 Å². The zero-order chi connectivity index (χ0) is 15.7. The predicted octanol–water partition coefficient (Wildman–Crippen LogP) is 6.42. The molecule has 1 aliphatic heterocycles. The van der Waals surface area contributed by atoms with Gasteiger partial charge < -0.3 is 12.3 Å². The van der Waals surface area contributed by atoms with Crippen molar-refractivity contribution in [1.29, 1.82) is 0 Å². The first-order valence-electron chi connectivity index (χ1n) is 7.49. The van der Waals surface area contributed by atoms with Crippen LogP contribution in [0.15, 0.2) is 24.3 Å². The van der Waals surface area contributed by atoms with Crippen LogP contribution in [0.2, 0.25) is 0 Å². The van der Waals surface area contributed by atoms with E-state index in [1.165, 1.54) is 12.1 Å². The van der Waals surface area contributed by atoms with Crippen LogP contribution in [-0.2, 0) is 14.7 Å². The summed E-state index contributed by atoms with van der Waals surface area (Å²) < 4.78 is 0. The molecule has 1 aromatic rings. The molecule has 1 aromatic carbocycles. The standard InChI is InChI=1S/C16H23N.CH3.3ClH.Ti/c1-10(2)15-11(3)9-13-12-7-5-6-8-14(12)17(4)16(13)15;;;;;/h5-8,10-11,13,15-16H,9H2,1-4H3;1H3;3*1H;/q;-1;;;;+4/p-3. The summed E-state index contributed by atoms with van der Waals surface area (Å²) in [5, 5.41) is 0. The molecule has 5 heteroatoms. The van der Waals surface area contributed by atoms with E-state index in [2.05, 4.69) is 57.0 Å². The fourth-order valence-corrected chi connectivity index (χ4v) is 4.48. The van der Waals surface area contributed by atoms with Gasteiger partial charge in [0.1, 0.15) is 0 Å². The number of likely N-dealkylation sites (N-methyl/N-ethyl adjacent to an activating group) is 1. The zero-order valence-corrected chi connectivity index (χ0v) is 17.8. The minimum atomic E-state index is -1.92. The van der Waals surface area contributed by atoms with Crippen LogP contribution in [0.1, 0.15) is 38.7 Å². The Morgan fingerprint density at radius 3 is 2.27 bits per heavy atom. The third-order valence-corrected chi connectivity index (χ3v) is 5.02. The number of para-hydroxylation sites is 1. The molecule has 1 nitrogen and oxygen atoms in total. The van der Waals surface area contributed by atoms with Crippen LogP contribution in [0.25, 0.3) is 0 Å². The van der Waals surface area contributed by atoms with Gasteiger partial charge in [-0.25, -0.2) is 0 Å². The number of halogens is 3. The number of nitrogens with zero attached hydrogens (tertiary/aromatic N) is 1. The van der Waals surface area contributed by atoms with Crippen molar-refractivity contribution in [2.24, 2.45) is 17.8 Å². The summed E-state index contributed by atoms with van der Waals surface area (Å²) in [5.74, 6) is 3.27.